The third-order valence-electron chi connectivity index (χ3n) is 9.75. The number of amides is 2. The fraction of sp³-hybridized carbons (Fsp3) is 0.756. The first-order chi connectivity index (χ1) is 25.5. The molecule has 0 bridgehead atoms. The van der Waals surface area contributed by atoms with E-state index in [9.17, 15) is 14.4 Å². The summed E-state index contributed by atoms with van der Waals surface area (Å²) in [5.74, 6) is -0.549. The van der Waals surface area contributed by atoms with Crippen LogP contribution in [0.4, 0.5) is 0 Å². The highest BCUT2D eigenvalue weighted by Gasteiger charge is 2.40. The van der Waals surface area contributed by atoms with Crippen LogP contribution in [0, 0.1) is 0 Å². The summed E-state index contributed by atoms with van der Waals surface area (Å²) in [4.78, 5) is 40.4. The zero-order chi connectivity index (χ0) is 37.7. The van der Waals surface area contributed by atoms with E-state index in [-0.39, 0.29) is 36.9 Å². The van der Waals surface area contributed by atoms with Gasteiger partial charge in [0.1, 0.15) is 6.04 Å². The van der Waals surface area contributed by atoms with Crippen LogP contribution < -0.4 is 5.32 Å². The molecule has 0 radical (unpaired) electrons. The number of hydrogen-bond donors (Lipinski definition) is 2. The summed E-state index contributed by atoms with van der Waals surface area (Å²) < 4.78 is 5.67. The maximum atomic E-state index is 13.3. The molecule has 2 unspecified atom stereocenters. The van der Waals surface area contributed by atoms with Crippen molar-refractivity contribution in [1.82, 2.24) is 10.2 Å². The normalized spacial score (nSPS) is 16.3. The standard InChI is InChI=1S/C45H78N2O5/c1-3-5-7-9-11-13-15-17-19-21-23-25-27-29-31-33-38-52-45(51)42-39-41(46-43(49)35-34-37-48)40-47(42)44(50)36-32-30-28-26-24-22-20-18-16-14-12-10-8-6-4-2/h11-14,17-20,41-42,48H,3-10,15-16,21-40H2,1-2H3,(H,46,49)/b13-11-,14-12-,19-17-,20-18-. The second-order valence-corrected chi connectivity index (χ2v) is 14.6. The molecule has 1 heterocycles. The molecule has 1 aliphatic heterocycles. The highest BCUT2D eigenvalue weighted by atomic mass is 16.5. The van der Waals surface area contributed by atoms with Crippen LogP contribution >= 0.6 is 0 Å². The summed E-state index contributed by atoms with van der Waals surface area (Å²) in [6.07, 6.45) is 45.9. The van der Waals surface area contributed by atoms with Crippen LogP contribution in [0.15, 0.2) is 48.6 Å². The lowest BCUT2D eigenvalue weighted by Crippen LogP contribution is -2.42. The van der Waals surface area contributed by atoms with Gasteiger partial charge in [0.25, 0.3) is 0 Å². The molecular weight excluding hydrogens is 649 g/mol. The van der Waals surface area contributed by atoms with Crippen molar-refractivity contribution in [2.24, 2.45) is 0 Å². The summed E-state index contributed by atoms with van der Waals surface area (Å²) in [5.41, 5.74) is 0. The van der Waals surface area contributed by atoms with E-state index < -0.39 is 6.04 Å². The summed E-state index contributed by atoms with van der Waals surface area (Å²) in [5, 5.41) is 12.0. The number of esters is 1. The van der Waals surface area contributed by atoms with E-state index in [1.54, 1.807) is 4.90 Å². The summed E-state index contributed by atoms with van der Waals surface area (Å²) in [7, 11) is 0. The van der Waals surface area contributed by atoms with Crippen molar-refractivity contribution in [2.45, 2.75) is 199 Å². The molecule has 0 aromatic carbocycles. The number of aliphatic hydroxyl groups is 1. The van der Waals surface area contributed by atoms with Gasteiger partial charge in [-0.25, -0.2) is 4.79 Å². The van der Waals surface area contributed by atoms with Gasteiger partial charge in [-0.1, -0.05) is 133 Å². The van der Waals surface area contributed by atoms with Gasteiger partial charge in [0.05, 0.1) is 6.61 Å². The van der Waals surface area contributed by atoms with Gasteiger partial charge in [-0.15, -0.1) is 0 Å². The Bertz CT molecular complexity index is 1000. The summed E-state index contributed by atoms with van der Waals surface area (Å²) in [6, 6.07) is -0.933. The van der Waals surface area contributed by atoms with Crippen LogP contribution in [0.3, 0.4) is 0 Å². The summed E-state index contributed by atoms with van der Waals surface area (Å²) in [6.45, 7) is 5.12. The maximum Gasteiger partial charge on any atom is 0.328 e. The molecule has 0 spiro atoms. The second-order valence-electron chi connectivity index (χ2n) is 14.6. The lowest BCUT2D eigenvalue weighted by Gasteiger charge is -2.23. The average molecular weight is 727 g/mol. The number of aliphatic hydroxyl groups excluding tert-OH is 1. The third kappa shape index (κ3) is 27.0. The Kier molecular flexibility index (Phi) is 32.2. The van der Waals surface area contributed by atoms with Crippen molar-refractivity contribution in [3.05, 3.63) is 48.6 Å². The largest absolute Gasteiger partial charge is 0.464 e. The van der Waals surface area contributed by atoms with Gasteiger partial charge in [0.15, 0.2) is 0 Å². The Morgan fingerprint density at radius 3 is 1.62 bits per heavy atom. The maximum absolute atomic E-state index is 13.3. The molecule has 2 amide bonds. The van der Waals surface area contributed by atoms with E-state index in [0.717, 1.165) is 77.0 Å². The van der Waals surface area contributed by atoms with Crippen molar-refractivity contribution >= 4 is 17.8 Å². The van der Waals surface area contributed by atoms with Gasteiger partial charge in [-0.3, -0.25) is 9.59 Å². The van der Waals surface area contributed by atoms with Crippen LogP contribution in [0.1, 0.15) is 187 Å². The highest BCUT2D eigenvalue weighted by Crippen LogP contribution is 2.22. The lowest BCUT2D eigenvalue weighted by atomic mass is 10.1. The predicted molar refractivity (Wildman–Crippen MR) is 218 cm³/mol. The van der Waals surface area contributed by atoms with Gasteiger partial charge in [0, 0.05) is 38.5 Å². The minimum absolute atomic E-state index is 0.0338. The quantitative estimate of drug-likeness (QED) is 0.0391. The predicted octanol–water partition coefficient (Wildman–Crippen LogP) is 11.0. The Morgan fingerprint density at radius 1 is 0.615 bits per heavy atom. The molecule has 1 rings (SSSR count). The van der Waals surface area contributed by atoms with Crippen molar-refractivity contribution < 1.29 is 24.2 Å². The molecule has 52 heavy (non-hydrogen) atoms. The average Bonchev–Trinajstić information content (AvgIpc) is 3.57. The molecule has 298 valence electrons. The monoisotopic (exact) mass is 727 g/mol. The number of rotatable bonds is 34. The number of allylic oxidation sites excluding steroid dienone is 8. The first-order valence-electron chi connectivity index (χ1n) is 21.5. The van der Waals surface area contributed by atoms with E-state index in [2.05, 4.69) is 67.8 Å². The molecule has 0 aromatic rings. The molecule has 0 aromatic heterocycles. The van der Waals surface area contributed by atoms with Gasteiger partial charge in [-0.05, 0) is 83.5 Å². The Balaban J connectivity index is 2.30. The number of nitrogens with one attached hydrogen (secondary N) is 1. The molecule has 1 fully saturated rings. The number of likely N-dealkylation sites (tertiary alicyclic amines) is 1. The van der Waals surface area contributed by atoms with Crippen molar-refractivity contribution in [2.75, 3.05) is 19.8 Å². The van der Waals surface area contributed by atoms with Crippen LogP contribution in [0.25, 0.3) is 0 Å². The SMILES string of the molecule is CCCCC/C=C\C/C=C\CCCCCCCCOC(=O)C1CC(NC(=O)CCCO)CN1C(=O)CCCCCCC/C=C\C/C=C\CCCCC. The van der Waals surface area contributed by atoms with Crippen LogP contribution in [0.5, 0.6) is 0 Å². The zero-order valence-electron chi connectivity index (χ0n) is 33.5. The molecule has 7 nitrogen and oxygen atoms in total. The Morgan fingerprint density at radius 2 is 1.10 bits per heavy atom. The number of hydrogen-bond acceptors (Lipinski definition) is 5. The van der Waals surface area contributed by atoms with Crippen LogP contribution in [0.2, 0.25) is 0 Å². The number of ether oxygens (including phenoxy) is 1. The topological polar surface area (TPSA) is 95.9 Å². The molecule has 0 saturated carbocycles. The minimum atomic E-state index is -0.654. The first-order valence-corrected chi connectivity index (χ1v) is 21.5. The van der Waals surface area contributed by atoms with Gasteiger partial charge in [-0.2, -0.15) is 0 Å². The van der Waals surface area contributed by atoms with Gasteiger partial charge in [0.2, 0.25) is 11.8 Å². The fourth-order valence-electron chi connectivity index (χ4n) is 6.57. The molecule has 0 aliphatic carbocycles. The van der Waals surface area contributed by atoms with Crippen molar-refractivity contribution in [3.63, 3.8) is 0 Å². The van der Waals surface area contributed by atoms with Crippen LogP contribution in [-0.2, 0) is 19.1 Å². The Labute approximate surface area is 319 Å². The highest BCUT2D eigenvalue weighted by molar-refractivity contribution is 5.86. The fourth-order valence-corrected chi connectivity index (χ4v) is 6.57. The van der Waals surface area contributed by atoms with E-state index >= 15 is 0 Å². The van der Waals surface area contributed by atoms with Crippen LogP contribution in [-0.4, -0.2) is 59.6 Å². The second kappa shape index (κ2) is 35.4. The lowest BCUT2D eigenvalue weighted by molar-refractivity contribution is -0.153. The smallest absolute Gasteiger partial charge is 0.328 e. The molecular formula is C45H78N2O5. The van der Waals surface area contributed by atoms with E-state index in [1.165, 1.54) is 70.6 Å². The molecule has 7 heteroatoms. The van der Waals surface area contributed by atoms with E-state index in [0.29, 0.717) is 32.4 Å². The Hall–Kier alpha value is -2.67. The summed E-state index contributed by atoms with van der Waals surface area (Å²) >= 11 is 0. The number of carbonyl (C=O) groups excluding carboxylic acids is 3. The van der Waals surface area contributed by atoms with Crippen molar-refractivity contribution in [3.8, 4) is 0 Å². The van der Waals surface area contributed by atoms with E-state index in [1.807, 2.05) is 0 Å². The molecule has 1 aliphatic rings. The number of carbonyl (C=O) groups is 3. The molecule has 2 atom stereocenters. The number of nitrogens with zero attached hydrogens (tertiary/aromatic N) is 1. The van der Waals surface area contributed by atoms with E-state index in [4.69, 9.17) is 9.84 Å². The van der Waals surface area contributed by atoms with Gasteiger partial charge < -0.3 is 20.1 Å². The van der Waals surface area contributed by atoms with Gasteiger partial charge >= 0.3 is 5.97 Å². The zero-order valence-corrected chi connectivity index (χ0v) is 33.5. The first kappa shape index (κ1) is 47.4. The number of unbranched alkanes of at least 4 members (excludes halogenated alkanes) is 17. The third-order valence-corrected chi connectivity index (χ3v) is 9.75. The molecule has 2 N–H and O–H groups in total. The molecule has 1 saturated heterocycles. The minimum Gasteiger partial charge on any atom is -0.464 e. The van der Waals surface area contributed by atoms with Crippen molar-refractivity contribution in [1.29, 1.82) is 0 Å².